The number of rotatable bonds is 6. The summed E-state index contributed by atoms with van der Waals surface area (Å²) in [5.74, 6) is -0.327. The molecule has 0 bridgehead atoms. The summed E-state index contributed by atoms with van der Waals surface area (Å²) in [6, 6.07) is 6.95. The first-order chi connectivity index (χ1) is 11.1. The van der Waals surface area contributed by atoms with E-state index >= 15 is 0 Å². The van der Waals surface area contributed by atoms with Gasteiger partial charge < -0.3 is 15.0 Å². The van der Waals surface area contributed by atoms with Gasteiger partial charge in [-0.05, 0) is 37.1 Å². The number of hydrogen-bond acceptors (Lipinski definition) is 3. The van der Waals surface area contributed by atoms with Crippen LogP contribution in [0.3, 0.4) is 0 Å². The first-order valence-electron chi connectivity index (χ1n) is 7.93. The molecule has 1 aliphatic heterocycles. The van der Waals surface area contributed by atoms with E-state index in [4.69, 9.17) is 16.3 Å². The Hall–Kier alpha value is -1.59. The van der Waals surface area contributed by atoms with Gasteiger partial charge in [-0.25, -0.2) is 0 Å². The molecule has 0 spiro atoms. The van der Waals surface area contributed by atoms with Crippen molar-refractivity contribution in [1.29, 1.82) is 0 Å². The van der Waals surface area contributed by atoms with Crippen molar-refractivity contribution < 1.29 is 14.3 Å². The van der Waals surface area contributed by atoms with E-state index in [1.54, 1.807) is 31.4 Å². The van der Waals surface area contributed by atoms with Crippen molar-refractivity contribution >= 4 is 29.1 Å². The maximum atomic E-state index is 12.6. The number of benzene rings is 1. The number of carbonyl (C=O) groups is 2. The number of carbonyl (C=O) groups excluding carboxylic acids is 2. The van der Waals surface area contributed by atoms with E-state index in [2.05, 4.69) is 5.32 Å². The number of ether oxygens (including phenoxy) is 1. The second-order valence-corrected chi connectivity index (χ2v) is 6.21. The van der Waals surface area contributed by atoms with Crippen molar-refractivity contribution in [3.63, 3.8) is 0 Å². The number of nitrogens with zero attached hydrogens (tertiary/aromatic N) is 1. The largest absolute Gasteiger partial charge is 0.383 e. The van der Waals surface area contributed by atoms with Crippen LogP contribution < -0.4 is 5.32 Å². The molecule has 1 atom stereocenters. The normalized spacial score (nSPS) is 18.6. The van der Waals surface area contributed by atoms with Crippen LogP contribution in [0.25, 0.3) is 0 Å². The van der Waals surface area contributed by atoms with Crippen molar-refractivity contribution in [3.05, 3.63) is 29.3 Å². The highest BCUT2D eigenvalue weighted by atomic mass is 35.5. The molecule has 0 saturated carbocycles. The molecule has 1 N–H and O–H groups in total. The predicted octanol–water partition coefficient (Wildman–Crippen LogP) is 2.94. The average Bonchev–Trinajstić information content (AvgIpc) is 2.70. The molecule has 1 saturated heterocycles. The zero-order valence-electron chi connectivity index (χ0n) is 13.4. The minimum Gasteiger partial charge on any atom is -0.383 e. The maximum absolute atomic E-state index is 12.6. The van der Waals surface area contributed by atoms with Crippen molar-refractivity contribution in [3.8, 4) is 0 Å². The van der Waals surface area contributed by atoms with Crippen LogP contribution in [-0.2, 0) is 14.3 Å². The smallest absolute Gasteiger partial charge is 0.226 e. The first-order valence-corrected chi connectivity index (χ1v) is 8.31. The Bertz CT molecular complexity index is 533. The van der Waals surface area contributed by atoms with Crippen molar-refractivity contribution in [2.75, 3.05) is 32.1 Å². The zero-order chi connectivity index (χ0) is 16.7. The van der Waals surface area contributed by atoms with E-state index in [9.17, 15) is 9.59 Å². The molecule has 2 rings (SSSR count). The topological polar surface area (TPSA) is 58.6 Å². The Morgan fingerprint density at radius 1 is 1.35 bits per heavy atom. The minimum absolute atomic E-state index is 0.0609. The number of likely N-dealkylation sites (tertiary alicyclic amines) is 1. The molecule has 1 aromatic rings. The van der Waals surface area contributed by atoms with E-state index in [1.807, 2.05) is 4.90 Å². The fourth-order valence-corrected chi connectivity index (χ4v) is 2.89. The number of methoxy groups -OCH3 is 1. The number of amides is 2. The molecule has 0 radical (unpaired) electrons. The van der Waals surface area contributed by atoms with E-state index in [0.717, 1.165) is 25.8 Å². The monoisotopic (exact) mass is 338 g/mol. The molecule has 2 amide bonds. The lowest BCUT2D eigenvalue weighted by molar-refractivity contribution is -0.137. The molecule has 1 aliphatic rings. The van der Waals surface area contributed by atoms with Gasteiger partial charge in [-0.3, -0.25) is 9.59 Å². The van der Waals surface area contributed by atoms with Gasteiger partial charge in [-0.2, -0.15) is 0 Å². The van der Waals surface area contributed by atoms with Gasteiger partial charge in [0.15, 0.2) is 0 Å². The Morgan fingerprint density at radius 2 is 2.09 bits per heavy atom. The van der Waals surface area contributed by atoms with Crippen LogP contribution >= 0.6 is 11.6 Å². The number of anilines is 1. The van der Waals surface area contributed by atoms with Crippen molar-refractivity contribution in [2.24, 2.45) is 5.92 Å². The SMILES string of the molecule is COCCN1CCCC[C@H](CC(=O)Nc2ccc(Cl)cc2)C1=O. The van der Waals surface area contributed by atoms with Gasteiger partial charge in [-0.15, -0.1) is 0 Å². The predicted molar refractivity (Wildman–Crippen MR) is 90.5 cm³/mol. The third-order valence-corrected chi connectivity index (χ3v) is 4.27. The number of halogens is 1. The van der Waals surface area contributed by atoms with Gasteiger partial charge in [0.2, 0.25) is 11.8 Å². The lowest BCUT2D eigenvalue weighted by Crippen LogP contribution is -2.38. The second kappa shape index (κ2) is 8.89. The van der Waals surface area contributed by atoms with E-state index < -0.39 is 0 Å². The third kappa shape index (κ3) is 5.52. The maximum Gasteiger partial charge on any atom is 0.226 e. The Morgan fingerprint density at radius 3 is 2.78 bits per heavy atom. The van der Waals surface area contributed by atoms with Gasteiger partial charge in [0.05, 0.1) is 6.61 Å². The minimum atomic E-state index is -0.248. The molecule has 1 heterocycles. The van der Waals surface area contributed by atoms with Gasteiger partial charge >= 0.3 is 0 Å². The summed E-state index contributed by atoms with van der Waals surface area (Å²) in [5, 5.41) is 3.44. The van der Waals surface area contributed by atoms with Gasteiger partial charge in [0.1, 0.15) is 0 Å². The summed E-state index contributed by atoms with van der Waals surface area (Å²) in [5.41, 5.74) is 0.691. The fourth-order valence-electron chi connectivity index (χ4n) is 2.77. The summed E-state index contributed by atoms with van der Waals surface area (Å²) >= 11 is 5.83. The fraction of sp³-hybridized carbons (Fsp3) is 0.529. The quantitative estimate of drug-likeness (QED) is 0.867. The van der Waals surface area contributed by atoms with Gasteiger partial charge in [0, 0.05) is 43.2 Å². The molecule has 6 heteroatoms. The van der Waals surface area contributed by atoms with Crippen LogP contribution in [0.2, 0.25) is 5.02 Å². The van der Waals surface area contributed by atoms with Crippen LogP contribution in [0, 0.1) is 5.92 Å². The van der Waals surface area contributed by atoms with Crippen LogP contribution in [0.15, 0.2) is 24.3 Å². The molecule has 0 unspecified atom stereocenters. The molecule has 23 heavy (non-hydrogen) atoms. The van der Waals surface area contributed by atoms with Crippen LogP contribution in [0.1, 0.15) is 25.7 Å². The Kier molecular flexibility index (Phi) is 6.86. The molecule has 1 fully saturated rings. The molecule has 5 nitrogen and oxygen atoms in total. The average molecular weight is 339 g/mol. The molecular formula is C17H23ClN2O3. The van der Waals surface area contributed by atoms with Crippen molar-refractivity contribution in [2.45, 2.75) is 25.7 Å². The van der Waals surface area contributed by atoms with Gasteiger partial charge in [0.25, 0.3) is 0 Å². The second-order valence-electron chi connectivity index (χ2n) is 5.77. The molecular weight excluding hydrogens is 316 g/mol. The lowest BCUT2D eigenvalue weighted by Gasteiger charge is -2.23. The van der Waals surface area contributed by atoms with E-state index in [1.165, 1.54) is 0 Å². The summed E-state index contributed by atoms with van der Waals surface area (Å²) < 4.78 is 5.05. The number of nitrogens with one attached hydrogen (secondary N) is 1. The zero-order valence-corrected chi connectivity index (χ0v) is 14.1. The van der Waals surface area contributed by atoms with Crippen molar-refractivity contribution in [1.82, 2.24) is 4.90 Å². The van der Waals surface area contributed by atoms with E-state index in [-0.39, 0.29) is 24.2 Å². The third-order valence-electron chi connectivity index (χ3n) is 4.02. The Labute approximate surface area is 141 Å². The lowest BCUT2D eigenvalue weighted by atomic mass is 9.98. The molecule has 0 aliphatic carbocycles. The highest BCUT2D eigenvalue weighted by Gasteiger charge is 2.28. The molecule has 0 aromatic heterocycles. The molecule has 1 aromatic carbocycles. The summed E-state index contributed by atoms with van der Waals surface area (Å²) in [7, 11) is 1.62. The number of hydrogen-bond donors (Lipinski definition) is 1. The first kappa shape index (κ1) is 17.8. The van der Waals surface area contributed by atoms with Gasteiger partial charge in [-0.1, -0.05) is 18.0 Å². The summed E-state index contributed by atoms with van der Waals surface area (Å²) in [4.78, 5) is 26.6. The molecule has 126 valence electrons. The standard InChI is InChI=1S/C17H23ClN2O3/c1-23-11-10-20-9-3-2-4-13(17(20)22)12-16(21)19-15-7-5-14(18)6-8-15/h5-8,13H,2-4,9-12H2,1H3,(H,19,21)/t13-/m1/s1. The van der Waals surface area contributed by atoms with E-state index in [0.29, 0.717) is 23.9 Å². The van der Waals surface area contributed by atoms with Crippen LogP contribution in [-0.4, -0.2) is 43.5 Å². The Balaban J connectivity index is 1.92. The highest BCUT2D eigenvalue weighted by Crippen LogP contribution is 2.22. The van der Waals surface area contributed by atoms with Crippen LogP contribution in [0.4, 0.5) is 5.69 Å². The van der Waals surface area contributed by atoms with Crippen LogP contribution in [0.5, 0.6) is 0 Å². The highest BCUT2D eigenvalue weighted by molar-refractivity contribution is 6.30. The summed E-state index contributed by atoms with van der Waals surface area (Å²) in [6.45, 7) is 1.86. The summed E-state index contributed by atoms with van der Waals surface area (Å²) in [6.07, 6.45) is 2.92.